The van der Waals surface area contributed by atoms with Gasteiger partial charge in [-0.1, -0.05) is 73.7 Å². The largest absolute Gasteiger partial charge is 0.103 e. The third-order valence-electron chi connectivity index (χ3n) is 6.47. The smallest absolute Gasteiger partial charge is 0.0811 e. The SMILES string of the molecule is CCCCC[SiH](C1=CCC=C1CCC)c1c(C)c(C)c(C)c(C)c1C. The van der Waals surface area contributed by atoms with E-state index in [1.165, 1.54) is 61.3 Å². The summed E-state index contributed by atoms with van der Waals surface area (Å²) in [7, 11) is -1.13. The number of hydrogen-bond donors (Lipinski definition) is 0. The lowest BCUT2D eigenvalue weighted by atomic mass is 9.95. The summed E-state index contributed by atoms with van der Waals surface area (Å²) < 4.78 is 0. The van der Waals surface area contributed by atoms with E-state index in [-0.39, 0.29) is 0 Å². The zero-order valence-corrected chi connectivity index (χ0v) is 18.8. The van der Waals surface area contributed by atoms with Crippen LogP contribution in [0.4, 0.5) is 0 Å². The summed E-state index contributed by atoms with van der Waals surface area (Å²) in [6.07, 6.45) is 12.9. The van der Waals surface area contributed by atoms with Crippen LogP contribution < -0.4 is 5.19 Å². The molecule has 0 saturated heterocycles. The van der Waals surface area contributed by atoms with Gasteiger partial charge in [0.2, 0.25) is 0 Å². The first-order chi connectivity index (χ1) is 11.9. The van der Waals surface area contributed by atoms with Crippen LogP contribution in [-0.2, 0) is 0 Å². The topological polar surface area (TPSA) is 0 Å². The molecule has 1 aromatic carbocycles. The molecule has 0 saturated carbocycles. The van der Waals surface area contributed by atoms with Crippen LogP contribution in [0.3, 0.4) is 0 Å². The molecule has 0 radical (unpaired) electrons. The van der Waals surface area contributed by atoms with E-state index in [1.54, 1.807) is 27.1 Å². The Hall–Kier alpha value is -1.08. The molecule has 1 aromatic rings. The molecule has 1 atom stereocenters. The quantitative estimate of drug-likeness (QED) is 0.372. The van der Waals surface area contributed by atoms with Crippen LogP contribution in [0.1, 0.15) is 80.2 Å². The minimum Gasteiger partial charge on any atom is -0.0811 e. The molecule has 0 N–H and O–H groups in total. The van der Waals surface area contributed by atoms with E-state index >= 15 is 0 Å². The molecule has 1 aliphatic carbocycles. The third-order valence-corrected chi connectivity index (χ3v) is 10.4. The number of unbranched alkanes of at least 4 members (excludes halogenated alkanes) is 2. The highest BCUT2D eigenvalue weighted by atomic mass is 28.3. The van der Waals surface area contributed by atoms with Gasteiger partial charge in [0.25, 0.3) is 0 Å². The predicted molar refractivity (Wildman–Crippen MR) is 117 cm³/mol. The first kappa shape index (κ1) is 20.2. The molecule has 0 fully saturated rings. The molecular weight excluding hydrogens is 316 g/mol. The summed E-state index contributed by atoms with van der Waals surface area (Å²) >= 11 is 0. The van der Waals surface area contributed by atoms with E-state index in [2.05, 4.69) is 60.6 Å². The van der Waals surface area contributed by atoms with Crippen molar-refractivity contribution in [2.24, 2.45) is 0 Å². The predicted octanol–water partition coefficient (Wildman–Crippen LogP) is 6.45. The Kier molecular flexibility index (Phi) is 7.31. The Morgan fingerprint density at radius 1 is 0.760 bits per heavy atom. The van der Waals surface area contributed by atoms with E-state index in [0.717, 1.165) is 0 Å². The van der Waals surface area contributed by atoms with Crippen LogP contribution in [-0.4, -0.2) is 8.80 Å². The average Bonchev–Trinajstić information content (AvgIpc) is 3.05. The molecule has 1 heteroatoms. The number of hydrogen-bond acceptors (Lipinski definition) is 0. The lowest BCUT2D eigenvalue weighted by Crippen LogP contribution is -2.38. The van der Waals surface area contributed by atoms with Crippen molar-refractivity contribution in [3.63, 3.8) is 0 Å². The summed E-state index contributed by atoms with van der Waals surface area (Å²) in [6.45, 7) is 16.4. The second kappa shape index (κ2) is 9.03. The fourth-order valence-electron chi connectivity index (χ4n) is 4.56. The van der Waals surface area contributed by atoms with Crippen molar-refractivity contribution in [3.8, 4) is 0 Å². The van der Waals surface area contributed by atoms with Crippen molar-refractivity contribution >= 4 is 14.0 Å². The van der Waals surface area contributed by atoms with Crippen LogP contribution in [0, 0.1) is 34.6 Å². The lowest BCUT2D eigenvalue weighted by molar-refractivity contribution is 0.767. The maximum absolute atomic E-state index is 2.58. The molecule has 0 amide bonds. The van der Waals surface area contributed by atoms with Crippen LogP contribution in [0.5, 0.6) is 0 Å². The van der Waals surface area contributed by atoms with Crippen LogP contribution in [0.25, 0.3) is 0 Å². The van der Waals surface area contributed by atoms with Crippen LogP contribution >= 0.6 is 0 Å². The number of allylic oxidation sites excluding steroid dienone is 4. The van der Waals surface area contributed by atoms with Crippen molar-refractivity contribution in [2.75, 3.05) is 0 Å². The van der Waals surface area contributed by atoms with Crippen molar-refractivity contribution in [2.45, 2.75) is 93.0 Å². The van der Waals surface area contributed by atoms with Gasteiger partial charge in [0, 0.05) is 0 Å². The summed E-state index contributed by atoms with van der Waals surface area (Å²) in [6, 6.07) is 1.43. The fraction of sp³-hybridized carbons (Fsp3) is 0.583. The number of benzene rings is 1. The van der Waals surface area contributed by atoms with Crippen LogP contribution in [0.2, 0.25) is 6.04 Å². The van der Waals surface area contributed by atoms with E-state index in [1.807, 2.05) is 0 Å². The van der Waals surface area contributed by atoms with E-state index in [9.17, 15) is 0 Å². The maximum atomic E-state index is 2.58. The number of rotatable bonds is 8. The molecule has 25 heavy (non-hydrogen) atoms. The van der Waals surface area contributed by atoms with E-state index in [4.69, 9.17) is 0 Å². The van der Waals surface area contributed by atoms with Crippen LogP contribution in [0.15, 0.2) is 22.9 Å². The van der Waals surface area contributed by atoms with Crippen molar-refractivity contribution in [3.05, 3.63) is 50.7 Å². The van der Waals surface area contributed by atoms with Gasteiger partial charge in [-0.15, -0.1) is 0 Å². The first-order valence-electron chi connectivity index (χ1n) is 10.4. The van der Waals surface area contributed by atoms with Gasteiger partial charge in [-0.3, -0.25) is 0 Å². The molecule has 0 bridgehead atoms. The second-order valence-corrected chi connectivity index (χ2v) is 10.8. The Morgan fingerprint density at radius 2 is 1.36 bits per heavy atom. The second-order valence-electron chi connectivity index (χ2n) is 7.96. The highest BCUT2D eigenvalue weighted by molar-refractivity contribution is 6.81. The first-order valence-corrected chi connectivity index (χ1v) is 12.4. The van der Waals surface area contributed by atoms with Crippen molar-refractivity contribution in [1.29, 1.82) is 0 Å². The fourth-order valence-corrected chi connectivity index (χ4v) is 8.78. The monoisotopic (exact) mass is 354 g/mol. The Balaban J connectivity index is 2.52. The summed E-state index contributed by atoms with van der Waals surface area (Å²) in [5.74, 6) is 0. The lowest BCUT2D eigenvalue weighted by Gasteiger charge is -2.27. The van der Waals surface area contributed by atoms with Gasteiger partial charge in [0.1, 0.15) is 8.80 Å². The molecule has 1 aliphatic rings. The summed E-state index contributed by atoms with van der Waals surface area (Å²) in [4.78, 5) is 0. The summed E-state index contributed by atoms with van der Waals surface area (Å²) in [5.41, 5.74) is 9.45. The van der Waals surface area contributed by atoms with Gasteiger partial charge < -0.3 is 0 Å². The maximum Gasteiger partial charge on any atom is 0.103 e. The van der Waals surface area contributed by atoms with Crippen molar-refractivity contribution in [1.82, 2.24) is 0 Å². The van der Waals surface area contributed by atoms with Gasteiger partial charge in [-0.05, 0) is 75.3 Å². The molecule has 0 aromatic heterocycles. The molecule has 0 spiro atoms. The Bertz CT molecular complexity index is 647. The average molecular weight is 355 g/mol. The van der Waals surface area contributed by atoms with Gasteiger partial charge in [0.15, 0.2) is 0 Å². The van der Waals surface area contributed by atoms with Crippen molar-refractivity contribution < 1.29 is 0 Å². The summed E-state index contributed by atoms with van der Waals surface area (Å²) in [5, 5.41) is 3.55. The molecule has 1 unspecified atom stereocenters. The standard InChI is InChI=1S/C24H38Si/c1-8-10-11-16-25(23-15-12-14-22(23)13-9-2)24-20(6)18(4)17(3)19(5)21(24)7/h14-15,25H,8-13,16H2,1-7H3. The Morgan fingerprint density at radius 3 is 1.92 bits per heavy atom. The third kappa shape index (κ3) is 4.19. The minimum absolute atomic E-state index is 1.13. The zero-order valence-electron chi connectivity index (χ0n) is 17.7. The molecule has 0 nitrogen and oxygen atoms in total. The van der Waals surface area contributed by atoms with Gasteiger partial charge in [0.05, 0.1) is 0 Å². The van der Waals surface area contributed by atoms with Gasteiger partial charge >= 0.3 is 0 Å². The Labute approximate surface area is 158 Å². The molecule has 138 valence electrons. The molecule has 0 heterocycles. The normalized spacial score (nSPS) is 15.3. The molecule has 0 aliphatic heterocycles. The molecule has 2 rings (SSSR count). The van der Waals surface area contributed by atoms with Gasteiger partial charge in [-0.25, -0.2) is 0 Å². The highest BCUT2D eigenvalue weighted by Gasteiger charge is 2.27. The zero-order chi connectivity index (χ0) is 18.6. The van der Waals surface area contributed by atoms with E-state index < -0.39 is 8.80 Å². The van der Waals surface area contributed by atoms with Gasteiger partial charge in [-0.2, -0.15) is 0 Å². The van der Waals surface area contributed by atoms with E-state index in [0.29, 0.717) is 0 Å². The highest BCUT2D eigenvalue weighted by Crippen LogP contribution is 2.30. The minimum atomic E-state index is -1.13. The molecular formula is C24H38Si.